The topological polar surface area (TPSA) is 80.7 Å². The minimum absolute atomic E-state index is 0.120. The van der Waals surface area contributed by atoms with Crippen molar-refractivity contribution in [2.75, 3.05) is 6.61 Å². The van der Waals surface area contributed by atoms with Crippen molar-refractivity contribution < 1.29 is 28.6 Å². The molecule has 2 fully saturated rings. The first-order valence-corrected chi connectivity index (χ1v) is 10.8. The quantitative estimate of drug-likeness (QED) is 0.711. The Labute approximate surface area is 176 Å². The second kappa shape index (κ2) is 6.98. The van der Waals surface area contributed by atoms with Crippen LogP contribution in [0.2, 0.25) is 0 Å². The maximum Gasteiger partial charge on any atom is 0.305 e. The molecule has 4 aliphatic rings. The maximum atomic E-state index is 16.9. The van der Waals surface area contributed by atoms with Gasteiger partial charge in [-0.25, -0.2) is 4.39 Å². The highest BCUT2D eigenvalue weighted by Gasteiger charge is 2.69. The summed E-state index contributed by atoms with van der Waals surface area (Å²) in [6.45, 7) is 5.04. The van der Waals surface area contributed by atoms with Crippen LogP contribution in [0.15, 0.2) is 35.5 Å². The SMILES string of the molecule is CCC(=O)OCC(=O)C1=CC[C@@H]2[C@@H]3CCC4=CC(=O)C=C[C@]4(C)[C@@]3(F)[C@H](O)C[C@]12C. The average molecular weight is 416 g/mol. The molecule has 0 spiro atoms. The lowest BCUT2D eigenvalue weighted by atomic mass is 9.45. The molecule has 6 heteroatoms. The Bertz CT molecular complexity index is 901. The third kappa shape index (κ3) is 2.72. The second-order valence-corrected chi connectivity index (χ2v) is 9.56. The van der Waals surface area contributed by atoms with Gasteiger partial charge < -0.3 is 9.84 Å². The summed E-state index contributed by atoms with van der Waals surface area (Å²) in [6.07, 6.45) is 7.11. The number of hydrogen-bond donors (Lipinski definition) is 1. The van der Waals surface area contributed by atoms with Gasteiger partial charge in [-0.3, -0.25) is 14.4 Å². The molecule has 0 aromatic rings. The van der Waals surface area contributed by atoms with Crippen molar-refractivity contribution in [1.82, 2.24) is 0 Å². The zero-order chi connectivity index (χ0) is 21.9. The van der Waals surface area contributed by atoms with Gasteiger partial charge in [0.1, 0.15) is 0 Å². The number of allylic oxidation sites excluding steroid dienone is 5. The normalized spacial score (nSPS) is 41.9. The Morgan fingerprint density at radius 3 is 2.73 bits per heavy atom. The van der Waals surface area contributed by atoms with Crippen LogP contribution in [0.25, 0.3) is 0 Å². The van der Waals surface area contributed by atoms with Crippen molar-refractivity contribution in [3.63, 3.8) is 0 Å². The molecule has 0 saturated heterocycles. The molecule has 0 aromatic carbocycles. The summed E-state index contributed by atoms with van der Waals surface area (Å²) in [6, 6.07) is 0. The zero-order valence-corrected chi connectivity index (χ0v) is 17.7. The molecule has 5 nitrogen and oxygen atoms in total. The highest BCUT2D eigenvalue weighted by molar-refractivity contribution is 6.01. The van der Waals surface area contributed by atoms with E-state index in [1.54, 1.807) is 19.9 Å². The van der Waals surface area contributed by atoms with E-state index < -0.39 is 34.5 Å². The number of ether oxygens (including phenoxy) is 1. The van der Waals surface area contributed by atoms with Crippen LogP contribution in [0.1, 0.15) is 52.9 Å². The molecule has 6 atom stereocenters. The molecular weight excluding hydrogens is 387 g/mol. The fourth-order valence-electron chi connectivity index (χ4n) is 6.54. The summed E-state index contributed by atoms with van der Waals surface area (Å²) in [5, 5.41) is 11.2. The molecule has 0 amide bonds. The first kappa shape index (κ1) is 21.2. The van der Waals surface area contributed by atoms with Gasteiger partial charge in [0.2, 0.25) is 0 Å². The van der Waals surface area contributed by atoms with Crippen molar-refractivity contribution >= 4 is 17.5 Å². The van der Waals surface area contributed by atoms with Gasteiger partial charge in [0.15, 0.2) is 23.8 Å². The number of fused-ring (bicyclic) bond motifs is 5. The zero-order valence-electron chi connectivity index (χ0n) is 17.7. The Morgan fingerprint density at radius 1 is 1.30 bits per heavy atom. The highest BCUT2D eigenvalue weighted by Crippen LogP contribution is 2.67. The van der Waals surface area contributed by atoms with Crippen LogP contribution >= 0.6 is 0 Å². The summed E-state index contributed by atoms with van der Waals surface area (Å²) in [5.74, 6) is -1.42. The summed E-state index contributed by atoms with van der Waals surface area (Å²) >= 11 is 0. The van der Waals surface area contributed by atoms with Crippen LogP contribution in [0.4, 0.5) is 4.39 Å². The average Bonchev–Trinajstić information content (AvgIpc) is 3.04. The first-order valence-electron chi connectivity index (χ1n) is 10.8. The van der Waals surface area contributed by atoms with E-state index in [0.717, 1.165) is 5.57 Å². The molecule has 4 rings (SSSR count). The molecule has 0 heterocycles. The predicted octanol–water partition coefficient (Wildman–Crippen LogP) is 3.42. The Morgan fingerprint density at radius 2 is 2.03 bits per heavy atom. The second-order valence-electron chi connectivity index (χ2n) is 9.56. The van der Waals surface area contributed by atoms with Gasteiger partial charge in [-0.2, -0.15) is 0 Å². The number of aliphatic hydroxyl groups excluding tert-OH is 1. The largest absolute Gasteiger partial charge is 0.457 e. The molecule has 0 aromatic heterocycles. The minimum atomic E-state index is -1.90. The summed E-state index contributed by atoms with van der Waals surface area (Å²) in [5.41, 5.74) is -2.32. The number of carbonyl (C=O) groups is 3. The fourth-order valence-corrected chi connectivity index (χ4v) is 6.54. The summed E-state index contributed by atoms with van der Waals surface area (Å²) in [7, 11) is 0. The molecule has 162 valence electrons. The fraction of sp³-hybridized carbons (Fsp3) is 0.625. The number of alkyl halides is 1. The highest BCUT2D eigenvalue weighted by atomic mass is 19.1. The molecule has 0 aliphatic heterocycles. The summed E-state index contributed by atoms with van der Waals surface area (Å²) < 4.78 is 21.9. The molecule has 2 saturated carbocycles. The molecule has 4 aliphatic carbocycles. The van der Waals surface area contributed by atoms with Crippen LogP contribution in [-0.4, -0.2) is 41.0 Å². The molecule has 0 unspecified atom stereocenters. The van der Waals surface area contributed by atoms with E-state index >= 15 is 4.39 Å². The van der Waals surface area contributed by atoms with Crippen molar-refractivity contribution in [2.45, 2.75) is 64.6 Å². The van der Waals surface area contributed by atoms with Crippen molar-refractivity contribution in [3.8, 4) is 0 Å². The van der Waals surface area contributed by atoms with Gasteiger partial charge in [-0.05, 0) is 50.7 Å². The van der Waals surface area contributed by atoms with Gasteiger partial charge in [-0.15, -0.1) is 0 Å². The number of halogens is 1. The number of Topliss-reactive ketones (excluding diaryl/α,β-unsaturated/α-hetero) is 1. The monoisotopic (exact) mass is 416 g/mol. The van der Waals surface area contributed by atoms with E-state index in [-0.39, 0.29) is 36.9 Å². The van der Waals surface area contributed by atoms with Crippen LogP contribution in [0.5, 0.6) is 0 Å². The molecule has 0 radical (unpaired) electrons. The smallest absolute Gasteiger partial charge is 0.305 e. The Hall–Kier alpha value is -2.08. The Kier molecular flexibility index (Phi) is 4.92. The van der Waals surface area contributed by atoms with Crippen molar-refractivity contribution in [2.24, 2.45) is 22.7 Å². The van der Waals surface area contributed by atoms with Crippen LogP contribution < -0.4 is 0 Å². The third-order valence-corrected chi connectivity index (χ3v) is 8.18. The van der Waals surface area contributed by atoms with E-state index in [4.69, 9.17) is 4.74 Å². The number of carbonyl (C=O) groups excluding carboxylic acids is 3. The lowest BCUT2D eigenvalue weighted by molar-refractivity contribution is -0.185. The molecule has 0 bridgehead atoms. The van der Waals surface area contributed by atoms with E-state index in [1.165, 1.54) is 12.2 Å². The van der Waals surface area contributed by atoms with Crippen LogP contribution in [-0.2, 0) is 19.1 Å². The van der Waals surface area contributed by atoms with Crippen LogP contribution in [0.3, 0.4) is 0 Å². The molecule has 1 N–H and O–H groups in total. The van der Waals surface area contributed by atoms with Gasteiger partial charge in [-0.1, -0.05) is 31.6 Å². The molecular formula is C24H29FO5. The lowest BCUT2D eigenvalue weighted by Crippen LogP contribution is -2.66. The van der Waals surface area contributed by atoms with Gasteiger partial charge >= 0.3 is 5.97 Å². The molecule has 30 heavy (non-hydrogen) atoms. The maximum absolute atomic E-state index is 16.9. The lowest BCUT2D eigenvalue weighted by Gasteiger charge is -2.61. The number of aliphatic hydroxyl groups is 1. The minimum Gasteiger partial charge on any atom is -0.457 e. The van der Waals surface area contributed by atoms with Crippen molar-refractivity contribution in [1.29, 1.82) is 0 Å². The number of ketones is 2. The van der Waals surface area contributed by atoms with Gasteiger partial charge in [0.05, 0.1) is 6.10 Å². The van der Waals surface area contributed by atoms with E-state index in [2.05, 4.69) is 0 Å². The van der Waals surface area contributed by atoms with Gasteiger partial charge in [0, 0.05) is 28.7 Å². The van der Waals surface area contributed by atoms with Crippen molar-refractivity contribution in [3.05, 3.63) is 35.5 Å². The third-order valence-electron chi connectivity index (χ3n) is 8.18. The van der Waals surface area contributed by atoms with Crippen LogP contribution in [0, 0.1) is 22.7 Å². The van der Waals surface area contributed by atoms with E-state index in [0.29, 0.717) is 24.8 Å². The standard InChI is InChI=1S/C24H29FO5/c1-4-21(29)30-13-19(27)18-8-7-16-17-6-5-14-11-15(26)9-10-23(14,3)24(17,25)20(28)12-22(16,18)2/h8-11,16-17,20,28H,4-7,12-13H2,1-3H3/t16-,17+,20-,22+,23+,24+/m1/s1. The summed E-state index contributed by atoms with van der Waals surface area (Å²) in [4.78, 5) is 36.1. The predicted molar refractivity (Wildman–Crippen MR) is 108 cm³/mol. The Balaban J connectivity index is 1.65. The first-order chi connectivity index (χ1) is 14.1. The van der Waals surface area contributed by atoms with E-state index in [9.17, 15) is 19.5 Å². The number of hydrogen-bond acceptors (Lipinski definition) is 5. The van der Waals surface area contributed by atoms with E-state index in [1.807, 2.05) is 13.0 Å². The number of rotatable bonds is 4. The number of esters is 1. The van der Waals surface area contributed by atoms with Gasteiger partial charge in [0.25, 0.3) is 0 Å².